The van der Waals surface area contributed by atoms with Crippen LogP contribution in [0.3, 0.4) is 0 Å². The lowest BCUT2D eigenvalue weighted by atomic mass is 10.1. The Labute approximate surface area is 157 Å². The van der Waals surface area contributed by atoms with Crippen LogP contribution in [0.4, 0.5) is 0 Å². The third-order valence-corrected chi connectivity index (χ3v) is 4.37. The van der Waals surface area contributed by atoms with Gasteiger partial charge in [0.05, 0.1) is 37.4 Å². The lowest BCUT2D eigenvalue weighted by Crippen LogP contribution is -2.34. The quantitative estimate of drug-likeness (QED) is 0.760. The number of aliphatic hydroxyl groups excluding tert-OH is 1. The van der Waals surface area contributed by atoms with Gasteiger partial charge < -0.3 is 9.84 Å². The molecule has 1 N–H and O–H groups in total. The van der Waals surface area contributed by atoms with Crippen molar-refractivity contribution in [3.8, 4) is 5.69 Å². The van der Waals surface area contributed by atoms with Gasteiger partial charge in [-0.2, -0.15) is 10.2 Å². The Kier molecular flexibility index (Phi) is 4.72. The number of hydrogen-bond donors (Lipinski definition) is 1. The van der Waals surface area contributed by atoms with Crippen molar-refractivity contribution in [1.82, 2.24) is 14.8 Å². The predicted octanol–water partition coefficient (Wildman–Crippen LogP) is 2.94. The second kappa shape index (κ2) is 7.47. The Morgan fingerprint density at radius 3 is 2.41 bits per heavy atom. The van der Waals surface area contributed by atoms with Gasteiger partial charge in [0.25, 0.3) is 0 Å². The first-order valence-corrected chi connectivity index (χ1v) is 8.69. The van der Waals surface area contributed by atoms with Crippen LogP contribution in [-0.4, -0.2) is 38.8 Å². The van der Waals surface area contributed by atoms with Crippen LogP contribution >= 0.6 is 0 Å². The number of para-hydroxylation sites is 1. The Morgan fingerprint density at radius 1 is 1.00 bits per heavy atom. The van der Waals surface area contributed by atoms with Crippen LogP contribution in [0.2, 0.25) is 0 Å². The molecule has 0 spiro atoms. The van der Waals surface area contributed by atoms with Crippen LogP contribution < -0.4 is 0 Å². The van der Waals surface area contributed by atoms with Crippen molar-refractivity contribution in [3.05, 3.63) is 96.1 Å². The van der Waals surface area contributed by atoms with Gasteiger partial charge in [0, 0.05) is 0 Å². The van der Waals surface area contributed by atoms with Crippen molar-refractivity contribution >= 4 is 5.71 Å². The summed E-state index contributed by atoms with van der Waals surface area (Å²) in [6, 6.07) is 21.6. The maximum absolute atomic E-state index is 10.8. The average molecular weight is 360 g/mol. The van der Waals surface area contributed by atoms with Crippen molar-refractivity contribution in [3.63, 3.8) is 0 Å². The molecule has 1 atom stereocenters. The lowest BCUT2D eigenvalue weighted by Gasteiger charge is -2.27. The maximum Gasteiger partial charge on any atom is 0.158 e. The minimum absolute atomic E-state index is 0.441. The molecule has 136 valence electrons. The summed E-state index contributed by atoms with van der Waals surface area (Å²) in [5.74, 6) is 0.441. The van der Waals surface area contributed by atoms with Gasteiger partial charge in [0.2, 0.25) is 0 Å². The molecular formula is C21H20N4O2. The van der Waals surface area contributed by atoms with Crippen molar-refractivity contribution in [2.24, 2.45) is 5.10 Å². The zero-order valence-electron chi connectivity index (χ0n) is 14.9. The number of nitrogens with zero attached hydrogens (tertiary/aromatic N) is 4. The van der Waals surface area contributed by atoms with E-state index in [0.717, 1.165) is 16.9 Å². The van der Waals surface area contributed by atoms with Gasteiger partial charge >= 0.3 is 0 Å². The highest BCUT2D eigenvalue weighted by Gasteiger charge is 2.29. The van der Waals surface area contributed by atoms with Crippen LogP contribution in [0.15, 0.2) is 90.0 Å². The fourth-order valence-corrected chi connectivity index (χ4v) is 3.05. The molecule has 1 unspecified atom stereocenters. The standard InChI is InChI=1S/C21H20N4O2/c1-27-19-15-24(14-16-8-4-2-5-9-16)23-20(21(19)26)18-12-13-22-25(18)17-10-6-3-7-11-17/h2-13,15,21,26H,14H2,1H3. The van der Waals surface area contributed by atoms with Crippen LogP contribution in [-0.2, 0) is 11.3 Å². The Morgan fingerprint density at radius 2 is 1.70 bits per heavy atom. The normalized spacial score (nSPS) is 16.7. The zero-order chi connectivity index (χ0) is 18.6. The van der Waals surface area contributed by atoms with Gasteiger partial charge in [-0.15, -0.1) is 0 Å². The van der Waals surface area contributed by atoms with Crippen LogP contribution in [0.1, 0.15) is 11.3 Å². The molecule has 0 bridgehead atoms. The topological polar surface area (TPSA) is 62.9 Å². The van der Waals surface area contributed by atoms with E-state index in [4.69, 9.17) is 4.74 Å². The highest BCUT2D eigenvalue weighted by molar-refractivity contribution is 6.04. The van der Waals surface area contributed by atoms with E-state index < -0.39 is 6.10 Å². The molecule has 6 heteroatoms. The number of benzene rings is 2. The van der Waals surface area contributed by atoms with E-state index in [0.29, 0.717) is 18.0 Å². The maximum atomic E-state index is 10.8. The molecule has 2 heterocycles. The molecule has 0 aliphatic carbocycles. The molecule has 1 aromatic heterocycles. The molecule has 0 radical (unpaired) electrons. The van der Waals surface area contributed by atoms with Gasteiger partial charge in [0.15, 0.2) is 6.10 Å². The van der Waals surface area contributed by atoms with E-state index >= 15 is 0 Å². The number of hydrogen-bond acceptors (Lipinski definition) is 5. The largest absolute Gasteiger partial charge is 0.496 e. The molecule has 1 aliphatic heterocycles. The highest BCUT2D eigenvalue weighted by Crippen LogP contribution is 2.22. The zero-order valence-corrected chi connectivity index (χ0v) is 14.9. The summed E-state index contributed by atoms with van der Waals surface area (Å²) >= 11 is 0. The van der Waals surface area contributed by atoms with Gasteiger partial charge in [-0.25, -0.2) is 4.68 Å². The van der Waals surface area contributed by atoms with E-state index in [9.17, 15) is 5.11 Å². The number of aliphatic hydroxyl groups is 1. The van der Waals surface area contributed by atoms with E-state index in [-0.39, 0.29) is 0 Å². The molecule has 1 aliphatic rings. The first-order valence-electron chi connectivity index (χ1n) is 8.69. The monoisotopic (exact) mass is 360 g/mol. The van der Waals surface area contributed by atoms with E-state index in [2.05, 4.69) is 10.2 Å². The molecule has 0 fully saturated rings. The molecule has 6 nitrogen and oxygen atoms in total. The number of rotatable bonds is 5. The summed E-state index contributed by atoms with van der Waals surface area (Å²) in [4.78, 5) is 0. The third kappa shape index (κ3) is 3.47. The van der Waals surface area contributed by atoms with Gasteiger partial charge in [0.1, 0.15) is 11.5 Å². The summed E-state index contributed by atoms with van der Waals surface area (Å²) in [6.07, 6.45) is 2.47. The minimum atomic E-state index is -0.957. The van der Waals surface area contributed by atoms with Crippen molar-refractivity contribution < 1.29 is 9.84 Å². The molecule has 0 amide bonds. The number of methoxy groups -OCH3 is 1. The number of aromatic nitrogens is 2. The van der Waals surface area contributed by atoms with Crippen LogP contribution in [0, 0.1) is 0 Å². The average Bonchev–Trinajstić information content (AvgIpc) is 3.20. The van der Waals surface area contributed by atoms with E-state index in [1.54, 1.807) is 29.2 Å². The summed E-state index contributed by atoms with van der Waals surface area (Å²) in [5.41, 5.74) is 3.22. The summed E-state index contributed by atoms with van der Waals surface area (Å²) in [5, 5.41) is 21.6. The third-order valence-electron chi connectivity index (χ3n) is 4.37. The van der Waals surface area contributed by atoms with Crippen LogP contribution in [0.5, 0.6) is 0 Å². The fraction of sp³-hybridized carbons (Fsp3) is 0.143. The molecule has 27 heavy (non-hydrogen) atoms. The smallest absolute Gasteiger partial charge is 0.158 e. The number of hydrazone groups is 1. The molecule has 0 saturated carbocycles. The molecule has 0 saturated heterocycles. The molecule has 4 rings (SSSR count). The second-order valence-corrected chi connectivity index (χ2v) is 6.17. The van der Waals surface area contributed by atoms with Crippen molar-refractivity contribution in [1.29, 1.82) is 0 Å². The lowest BCUT2D eigenvalue weighted by molar-refractivity contribution is 0.154. The van der Waals surface area contributed by atoms with Crippen molar-refractivity contribution in [2.75, 3.05) is 7.11 Å². The Hall–Kier alpha value is -3.38. The SMILES string of the molecule is COC1=CN(Cc2ccccc2)N=C(c2ccnn2-c2ccccc2)C1O. The summed E-state index contributed by atoms with van der Waals surface area (Å²) in [6.45, 7) is 0.573. The van der Waals surface area contributed by atoms with E-state index in [1.807, 2.05) is 66.7 Å². The second-order valence-electron chi connectivity index (χ2n) is 6.17. The Bertz CT molecular complexity index is 964. The molecular weight excluding hydrogens is 340 g/mol. The number of ether oxygens (including phenoxy) is 1. The van der Waals surface area contributed by atoms with Gasteiger partial charge in [-0.1, -0.05) is 48.5 Å². The van der Waals surface area contributed by atoms with Crippen LogP contribution in [0.25, 0.3) is 5.69 Å². The first kappa shape index (κ1) is 17.1. The summed E-state index contributed by atoms with van der Waals surface area (Å²) < 4.78 is 7.17. The fourth-order valence-electron chi connectivity index (χ4n) is 3.05. The van der Waals surface area contributed by atoms with Gasteiger partial charge in [-0.05, 0) is 23.8 Å². The summed E-state index contributed by atoms with van der Waals surface area (Å²) in [7, 11) is 1.55. The van der Waals surface area contributed by atoms with E-state index in [1.165, 1.54) is 0 Å². The highest BCUT2D eigenvalue weighted by atomic mass is 16.5. The van der Waals surface area contributed by atoms with Gasteiger partial charge in [-0.3, -0.25) is 5.01 Å². The Balaban J connectivity index is 1.72. The first-order chi connectivity index (χ1) is 13.3. The predicted molar refractivity (Wildman–Crippen MR) is 103 cm³/mol. The molecule has 2 aromatic carbocycles. The molecule has 3 aromatic rings. The van der Waals surface area contributed by atoms with Crippen molar-refractivity contribution in [2.45, 2.75) is 12.6 Å². The minimum Gasteiger partial charge on any atom is -0.496 e.